The lowest BCUT2D eigenvalue weighted by Crippen LogP contribution is -2.51. The predicted molar refractivity (Wildman–Crippen MR) is 53.4 cm³/mol. The van der Waals surface area contributed by atoms with E-state index in [1.807, 2.05) is 0 Å². The third-order valence-electron chi connectivity index (χ3n) is 1.67. The minimum atomic E-state index is -0.968. The van der Waals surface area contributed by atoms with Gasteiger partial charge in [-0.25, -0.2) is 4.79 Å². The molecule has 0 heterocycles. The Morgan fingerprint density at radius 1 is 1.29 bits per heavy atom. The average Bonchev–Trinajstić information content (AvgIpc) is 2.03. The Morgan fingerprint density at radius 2 is 1.79 bits per heavy atom. The maximum absolute atomic E-state index is 11.4. The third kappa shape index (κ3) is 3.77. The number of carbonyl (C=O) groups excluding carboxylic acids is 2. The highest BCUT2D eigenvalue weighted by Gasteiger charge is 2.31. The first kappa shape index (κ1) is 12.9. The normalized spacial score (nSPS) is 11.3. The van der Waals surface area contributed by atoms with E-state index in [1.165, 1.54) is 0 Å². The number of rotatable bonds is 4. The van der Waals surface area contributed by atoms with Crippen molar-refractivity contribution in [2.75, 3.05) is 6.61 Å². The number of carbonyl (C=O) groups is 2. The van der Waals surface area contributed by atoms with E-state index in [0.717, 1.165) is 0 Å². The molecule has 0 fully saturated rings. The summed E-state index contributed by atoms with van der Waals surface area (Å²) in [5.74, 6) is -0.0416. The summed E-state index contributed by atoms with van der Waals surface area (Å²) in [5, 5.41) is 2.59. The van der Waals surface area contributed by atoms with Crippen molar-refractivity contribution in [1.82, 2.24) is 5.32 Å². The second-order valence-corrected chi connectivity index (χ2v) is 3.80. The molecule has 0 saturated heterocycles. The van der Waals surface area contributed by atoms with Gasteiger partial charge in [0, 0.05) is 0 Å². The highest BCUT2D eigenvalue weighted by Crippen LogP contribution is 2.07. The fourth-order valence-corrected chi connectivity index (χ4v) is 0.771. The topological polar surface area (TPSA) is 55.4 Å². The van der Waals surface area contributed by atoms with Crippen molar-refractivity contribution >= 4 is 11.9 Å². The molecule has 0 rings (SSSR count). The molecule has 1 N–H and O–H groups in total. The van der Waals surface area contributed by atoms with Crippen molar-refractivity contribution in [3.05, 3.63) is 5.92 Å². The highest BCUT2D eigenvalue weighted by atomic mass is 16.5. The SMILES string of the molecule is CCOC(=O)C(C)(C)NC(=O)[C](C)C. The van der Waals surface area contributed by atoms with Crippen LogP contribution >= 0.6 is 0 Å². The van der Waals surface area contributed by atoms with Crippen LogP contribution in [0.2, 0.25) is 0 Å². The lowest BCUT2D eigenvalue weighted by molar-refractivity contribution is -0.151. The van der Waals surface area contributed by atoms with Gasteiger partial charge in [0.25, 0.3) is 0 Å². The summed E-state index contributed by atoms with van der Waals surface area (Å²) < 4.78 is 4.82. The Labute approximate surface area is 85.0 Å². The second-order valence-electron chi connectivity index (χ2n) is 3.80. The number of amides is 1. The van der Waals surface area contributed by atoms with Gasteiger partial charge < -0.3 is 10.1 Å². The van der Waals surface area contributed by atoms with E-state index in [9.17, 15) is 9.59 Å². The van der Waals surface area contributed by atoms with E-state index in [4.69, 9.17) is 4.74 Å². The van der Waals surface area contributed by atoms with E-state index < -0.39 is 11.5 Å². The monoisotopic (exact) mass is 200 g/mol. The molecule has 0 aliphatic rings. The summed E-state index contributed by atoms with van der Waals surface area (Å²) in [6.07, 6.45) is 0. The van der Waals surface area contributed by atoms with Crippen LogP contribution < -0.4 is 5.32 Å². The minimum Gasteiger partial charge on any atom is -0.464 e. The van der Waals surface area contributed by atoms with Gasteiger partial charge in [0.2, 0.25) is 5.91 Å². The first-order valence-electron chi connectivity index (χ1n) is 4.61. The lowest BCUT2D eigenvalue weighted by atomic mass is 10.0. The third-order valence-corrected chi connectivity index (χ3v) is 1.67. The van der Waals surface area contributed by atoms with Gasteiger partial charge in [-0.3, -0.25) is 4.79 Å². The zero-order valence-corrected chi connectivity index (χ0v) is 9.43. The van der Waals surface area contributed by atoms with Crippen LogP contribution in [0.1, 0.15) is 34.6 Å². The molecule has 0 aromatic rings. The number of nitrogens with one attached hydrogen (secondary N) is 1. The number of ether oxygens (including phenoxy) is 1. The first-order chi connectivity index (χ1) is 6.31. The fourth-order valence-electron chi connectivity index (χ4n) is 0.771. The molecule has 0 saturated carbocycles. The van der Waals surface area contributed by atoms with Crippen LogP contribution in [-0.2, 0) is 14.3 Å². The molecule has 0 atom stereocenters. The highest BCUT2D eigenvalue weighted by molar-refractivity contribution is 5.93. The van der Waals surface area contributed by atoms with Crippen molar-refractivity contribution in [2.45, 2.75) is 40.2 Å². The van der Waals surface area contributed by atoms with Gasteiger partial charge in [-0.05, 0) is 20.8 Å². The van der Waals surface area contributed by atoms with Gasteiger partial charge in [-0.15, -0.1) is 0 Å². The van der Waals surface area contributed by atoms with Crippen LogP contribution in [0.15, 0.2) is 0 Å². The molecule has 4 nitrogen and oxygen atoms in total. The Hall–Kier alpha value is -1.06. The Morgan fingerprint density at radius 3 is 2.14 bits per heavy atom. The quantitative estimate of drug-likeness (QED) is 0.690. The van der Waals surface area contributed by atoms with Crippen LogP contribution in [0.3, 0.4) is 0 Å². The smallest absolute Gasteiger partial charge is 0.331 e. The molecule has 0 aromatic heterocycles. The molecule has 0 bridgehead atoms. The lowest BCUT2D eigenvalue weighted by Gasteiger charge is -2.24. The van der Waals surface area contributed by atoms with Crippen molar-refractivity contribution in [1.29, 1.82) is 0 Å². The molecule has 1 amide bonds. The number of hydrogen-bond donors (Lipinski definition) is 1. The van der Waals surface area contributed by atoms with Crippen molar-refractivity contribution in [3.63, 3.8) is 0 Å². The Bertz CT molecular complexity index is 221. The molecule has 0 spiro atoms. The zero-order valence-electron chi connectivity index (χ0n) is 9.43. The maximum Gasteiger partial charge on any atom is 0.331 e. The fraction of sp³-hybridized carbons (Fsp3) is 0.700. The molecule has 0 aromatic carbocycles. The van der Waals surface area contributed by atoms with Crippen LogP contribution in [0, 0.1) is 5.92 Å². The minimum absolute atomic E-state index is 0.233. The van der Waals surface area contributed by atoms with E-state index >= 15 is 0 Å². The maximum atomic E-state index is 11.4. The van der Waals surface area contributed by atoms with E-state index in [1.54, 1.807) is 34.6 Å². The summed E-state index contributed by atoms with van der Waals surface area (Å²) in [4.78, 5) is 22.7. The molecule has 1 radical (unpaired) electrons. The van der Waals surface area contributed by atoms with Gasteiger partial charge in [0.15, 0.2) is 0 Å². The van der Waals surface area contributed by atoms with Crippen LogP contribution in [0.4, 0.5) is 0 Å². The van der Waals surface area contributed by atoms with Gasteiger partial charge in [-0.2, -0.15) is 0 Å². The van der Waals surface area contributed by atoms with Crippen LogP contribution in [0.25, 0.3) is 0 Å². The summed E-state index contributed by atoms with van der Waals surface area (Å²) in [6.45, 7) is 8.66. The van der Waals surface area contributed by atoms with Crippen molar-refractivity contribution in [2.24, 2.45) is 0 Å². The van der Waals surface area contributed by atoms with Crippen LogP contribution in [0.5, 0.6) is 0 Å². The Balaban J connectivity index is 4.33. The first-order valence-corrected chi connectivity index (χ1v) is 4.61. The molecular formula is C10H18NO3. The van der Waals surface area contributed by atoms with Gasteiger partial charge >= 0.3 is 5.97 Å². The van der Waals surface area contributed by atoms with Crippen molar-refractivity contribution in [3.8, 4) is 0 Å². The molecule has 4 heteroatoms. The largest absolute Gasteiger partial charge is 0.464 e. The second kappa shape index (κ2) is 4.98. The summed E-state index contributed by atoms with van der Waals surface area (Å²) in [7, 11) is 0. The molecule has 0 unspecified atom stereocenters. The summed E-state index contributed by atoms with van der Waals surface area (Å²) in [6, 6.07) is 0. The number of hydrogen-bond acceptors (Lipinski definition) is 3. The number of esters is 1. The molecule has 0 aliphatic heterocycles. The predicted octanol–water partition coefficient (Wildman–Crippen LogP) is 1.06. The molecular weight excluding hydrogens is 182 g/mol. The zero-order chi connectivity index (χ0) is 11.4. The van der Waals surface area contributed by atoms with E-state index in [0.29, 0.717) is 12.5 Å². The summed E-state index contributed by atoms with van der Waals surface area (Å²) >= 11 is 0. The van der Waals surface area contributed by atoms with Crippen LogP contribution in [-0.4, -0.2) is 24.0 Å². The molecule has 14 heavy (non-hydrogen) atoms. The molecule has 81 valence electrons. The average molecular weight is 200 g/mol. The van der Waals surface area contributed by atoms with Crippen molar-refractivity contribution < 1.29 is 14.3 Å². The Kier molecular flexibility index (Phi) is 4.60. The standard InChI is InChI=1S/C10H18NO3/c1-6-14-9(13)10(4,5)11-8(12)7(2)3/h6H2,1-5H3,(H,11,12). The molecule has 0 aliphatic carbocycles. The van der Waals surface area contributed by atoms with Gasteiger partial charge in [0.05, 0.1) is 12.5 Å². The van der Waals surface area contributed by atoms with Gasteiger partial charge in [-0.1, -0.05) is 13.8 Å². The van der Waals surface area contributed by atoms with E-state index in [2.05, 4.69) is 5.32 Å². The summed E-state index contributed by atoms with van der Waals surface area (Å²) in [5.41, 5.74) is -0.968. The van der Waals surface area contributed by atoms with Gasteiger partial charge in [0.1, 0.15) is 5.54 Å². The van der Waals surface area contributed by atoms with E-state index in [-0.39, 0.29) is 5.91 Å².